The lowest BCUT2D eigenvalue weighted by Crippen LogP contribution is -2.12. The molecule has 0 aliphatic carbocycles. The second-order valence-electron chi connectivity index (χ2n) is 2.35. The average Bonchev–Trinajstić information content (AvgIpc) is 2.20. The van der Waals surface area contributed by atoms with E-state index in [4.69, 9.17) is 5.26 Å². The van der Waals surface area contributed by atoms with Gasteiger partial charge in [-0.3, -0.25) is 5.32 Å². The Balaban J connectivity index is 2.95. The maximum atomic E-state index is 9.40. The number of thioether (sulfide) groups is 1. The molecule has 1 aromatic carbocycles. The van der Waals surface area contributed by atoms with Gasteiger partial charge in [0.2, 0.25) is 0 Å². The van der Waals surface area contributed by atoms with Gasteiger partial charge in [0.1, 0.15) is 11.4 Å². The van der Waals surface area contributed by atoms with Crippen LogP contribution in [0.25, 0.3) is 0 Å². The number of amidine groups is 1. The molecule has 0 bridgehead atoms. The molecule has 14 heavy (non-hydrogen) atoms. The fraction of sp³-hybridized carbons (Fsp3) is 0.111. The van der Waals surface area contributed by atoms with Gasteiger partial charge in [0.15, 0.2) is 11.4 Å². The molecule has 5 heteroatoms. The lowest BCUT2D eigenvalue weighted by molar-refractivity contribution is 0.477. The molecule has 0 unspecified atom stereocenters. The summed E-state index contributed by atoms with van der Waals surface area (Å²) in [5, 5.41) is 20.7. The van der Waals surface area contributed by atoms with Gasteiger partial charge in [0.05, 0.1) is 0 Å². The third-order valence-electron chi connectivity index (χ3n) is 1.46. The first-order valence-electron chi connectivity index (χ1n) is 3.83. The molecule has 0 amide bonds. The number of hydrogen-bond donors (Lipinski definition) is 2. The van der Waals surface area contributed by atoms with E-state index in [2.05, 4.69) is 10.3 Å². The Morgan fingerprint density at radius 1 is 1.57 bits per heavy atom. The van der Waals surface area contributed by atoms with Crippen molar-refractivity contribution >= 4 is 22.6 Å². The number of nitriles is 1. The van der Waals surface area contributed by atoms with Gasteiger partial charge in [-0.25, -0.2) is 4.99 Å². The van der Waals surface area contributed by atoms with Gasteiger partial charge in [-0.2, -0.15) is 5.26 Å². The van der Waals surface area contributed by atoms with Crippen molar-refractivity contribution in [1.29, 1.82) is 5.26 Å². The average molecular weight is 207 g/mol. The second kappa shape index (κ2) is 5.14. The molecular formula is C9H9N3OS. The lowest BCUT2D eigenvalue weighted by Gasteiger charge is -2.00. The summed E-state index contributed by atoms with van der Waals surface area (Å²) in [6.45, 7) is 0. The Labute approximate surface area is 86.3 Å². The third-order valence-corrected chi connectivity index (χ3v) is 2.04. The number of phenols is 1. The number of nitrogens with one attached hydrogen (secondary N) is 1. The molecule has 0 saturated heterocycles. The molecule has 2 N–H and O–H groups in total. The molecule has 0 atom stereocenters. The van der Waals surface area contributed by atoms with Crippen molar-refractivity contribution in [3.05, 3.63) is 24.3 Å². The number of aliphatic imine (C=N–C) groups is 1. The minimum atomic E-state index is 0.0961. The van der Waals surface area contributed by atoms with Crippen molar-refractivity contribution in [2.45, 2.75) is 0 Å². The highest BCUT2D eigenvalue weighted by Crippen LogP contribution is 2.25. The van der Waals surface area contributed by atoms with Crippen LogP contribution in [0.5, 0.6) is 5.75 Å². The minimum Gasteiger partial charge on any atom is -0.506 e. The van der Waals surface area contributed by atoms with Crippen LogP contribution in [0.15, 0.2) is 29.3 Å². The predicted octanol–water partition coefficient (Wildman–Crippen LogP) is 1.81. The molecule has 4 nitrogen and oxygen atoms in total. The van der Waals surface area contributed by atoms with E-state index in [-0.39, 0.29) is 5.75 Å². The van der Waals surface area contributed by atoms with Crippen molar-refractivity contribution < 1.29 is 5.11 Å². The first-order valence-corrected chi connectivity index (χ1v) is 5.06. The lowest BCUT2D eigenvalue weighted by atomic mass is 10.3. The van der Waals surface area contributed by atoms with Crippen LogP contribution < -0.4 is 5.32 Å². The van der Waals surface area contributed by atoms with Crippen LogP contribution >= 0.6 is 11.8 Å². The van der Waals surface area contributed by atoms with E-state index < -0.39 is 0 Å². The fourth-order valence-corrected chi connectivity index (χ4v) is 1.18. The van der Waals surface area contributed by atoms with Gasteiger partial charge in [0, 0.05) is 0 Å². The van der Waals surface area contributed by atoms with Crippen molar-refractivity contribution in [3.8, 4) is 11.9 Å². The number of hydrogen-bond acceptors (Lipinski definition) is 4. The zero-order valence-corrected chi connectivity index (χ0v) is 8.38. The largest absolute Gasteiger partial charge is 0.506 e. The Morgan fingerprint density at radius 3 is 2.86 bits per heavy atom. The molecule has 0 saturated carbocycles. The van der Waals surface area contributed by atoms with E-state index in [0.717, 1.165) is 0 Å². The van der Waals surface area contributed by atoms with Gasteiger partial charge in [0.25, 0.3) is 0 Å². The Bertz CT molecular complexity index is 384. The summed E-state index contributed by atoms with van der Waals surface area (Å²) in [5.74, 6) is 0.0961. The van der Waals surface area contributed by atoms with Crippen molar-refractivity contribution in [1.82, 2.24) is 5.32 Å². The van der Waals surface area contributed by atoms with Gasteiger partial charge >= 0.3 is 0 Å². The molecular weight excluding hydrogens is 198 g/mol. The molecule has 72 valence electrons. The van der Waals surface area contributed by atoms with E-state index in [9.17, 15) is 5.11 Å². The molecule has 0 aliphatic rings. The summed E-state index contributed by atoms with van der Waals surface area (Å²) >= 11 is 1.30. The summed E-state index contributed by atoms with van der Waals surface area (Å²) < 4.78 is 0. The van der Waals surface area contributed by atoms with Crippen LogP contribution in [-0.2, 0) is 0 Å². The molecule has 0 aromatic heterocycles. The van der Waals surface area contributed by atoms with E-state index >= 15 is 0 Å². The molecule has 0 aliphatic heterocycles. The highest BCUT2D eigenvalue weighted by Gasteiger charge is 1.99. The summed E-state index contributed by atoms with van der Waals surface area (Å²) in [4.78, 5) is 4.06. The SMILES string of the molecule is CSC(=Nc1ccccc1O)NC#N. The maximum Gasteiger partial charge on any atom is 0.183 e. The fourth-order valence-electron chi connectivity index (χ4n) is 0.841. The van der Waals surface area contributed by atoms with E-state index in [0.29, 0.717) is 10.9 Å². The molecule has 0 spiro atoms. The first-order chi connectivity index (χ1) is 6.77. The van der Waals surface area contributed by atoms with Crippen molar-refractivity contribution in [3.63, 3.8) is 0 Å². The van der Waals surface area contributed by atoms with Gasteiger partial charge in [-0.15, -0.1) is 0 Å². The quantitative estimate of drug-likeness (QED) is 0.319. The molecule has 0 radical (unpaired) electrons. The molecule has 0 fully saturated rings. The van der Waals surface area contributed by atoms with Crippen LogP contribution in [0.1, 0.15) is 0 Å². The Hall–Kier alpha value is -1.67. The number of rotatable bonds is 1. The highest BCUT2D eigenvalue weighted by atomic mass is 32.2. The van der Waals surface area contributed by atoms with Crippen molar-refractivity contribution in [2.75, 3.05) is 6.26 Å². The van der Waals surface area contributed by atoms with Crippen LogP contribution in [0, 0.1) is 11.5 Å². The predicted molar refractivity (Wildman–Crippen MR) is 57.5 cm³/mol. The van der Waals surface area contributed by atoms with Gasteiger partial charge in [-0.05, 0) is 18.4 Å². The summed E-state index contributed by atoms with van der Waals surface area (Å²) in [7, 11) is 0. The van der Waals surface area contributed by atoms with Crippen LogP contribution in [-0.4, -0.2) is 16.5 Å². The zero-order valence-electron chi connectivity index (χ0n) is 7.56. The Morgan fingerprint density at radius 2 is 2.29 bits per heavy atom. The second-order valence-corrected chi connectivity index (χ2v) is 3.14. The summed E-state index contributed by atoms with van der Waals surface area (Å²) in [5.41, 5.74) is 0.444. The number of phenolic OH excluding ortho intramolecular Hbond substituents is 1. The van der Waals surface area contributed by atoms with Gasteiger partial charge in [-0.1, -0.05) is 23.9 Å². The number of benzene rings is 1. The third kappa shape index (κ3) is 2.68. The van der Waals surface area contributed by atoms with E-state index in [1.807, 2.05) is 0 Å². The smallest absolute Gasteiger partial charge is 0.183 e. The van der Waals surface area contributed by atoms with E-state index in [1.54, 1.807) is 36.7 Å². The first kappa shape index (κ1) is 10.4. The van der Waals surface area contributed by atoms with Crippen LogP contribution in [0.2, 0.25) is 0 Å². The normalized spacial score (nSPS) is 10.7. The van der Waals surface area contributed by atoms with Gasteiger partial charge < -0.3 is 5.11 Å². The number of para-hydroxylation sites is 2. The Kier molecular flexibility index (Phi) is 3.83. The van der Waals surface area contributed by atoms with Crippen molar-refractivity contribution in [2.24, 2.45) is 4.99 Å². The summed E-state index contributed by atoms with van der Waals surface area (Å²) in [6, 6.07) is 6.70. The monoisotopic (exact) mass is 207 g/mol. The summed E-state index contributed by atoms with van der Waals surface area (Å²) in [6.07, 6.45) is 3.57. The standard InChI is InChI=1S/C9H9N3OS/c1-14-9(11-6-10)12-7-4-2-3-5-8(7)13/h2-5,13H,1H3,(H,11,12). The van der Waals surface area contributed by atoms with E-state index in [1.165, 1.54) is 11.8 Å². The highest BCUT2D eigenvalue weighted by molar-refractivity contribution is 8.13. The maximum absolute atomic E-state index is 9.40. The number of nitrogens with zero attached hydrogens (tertiary/aromatic N) is 2. The molecule has 1 rings (SSSR count). The van der Waals surface area contributed by atoms with Crippen LogP contribution in [0.3, 0.4) is 0 Å². The molecule has 1 aromatic rings. The molecule has 0 heterocycles. The number of aromatic hydroxyl groups is 1. The zero-order chi connectivity index (χ0) is 10.4. The topological polar surface area (TPSA) is 68.4 Å². The minimum absolute atomic E-state index is 0.0961. The van der Waals surface area contributed by atoms with Crippen LogP contribution in [0.4, 0.5) is 5.69 Å².